The van der Waals surface area contributed by atoms with Crippen molar-refractivity contribution in [1.29, 1.82) is 0 Å². The van der Waals surface area contributed by atoms with Crippen LogP contribution in [0.1, 0.15) is 63.7 Å². The molecule has 0 spiro atoms. The number of nitrogens with one attached hydrogen (secondary N) is 1. The predicted octanol–water partition coefficient (Wildman–Crippen LogP) is 3.78. The van der Waals surface area contributed by atoms with Crippen molar-refractivity contribution < 1.29 is 4.79 Å². The minimum Gasteiger partial charge on any atom is -0.319 e. The van der Waals surface area contributed by atoms with Crippen LogP contribution in [0, 0.1) is 6.92 Å². The second kappa shape index (κ2) is 7.08. The summed E-state index contributed by atoms with van der Waals surface area (Å²) >= 11 is 0. The Balaban J connectivity index is 2.31. The van der Waals surface area contributed by atoms with E-state index in [1.54, 1.807) is 0 Å². The van der Waals surface area contributed by atoms with Gasteiger partial charge < -0.3 is 4.90 Å². The first-order chi connectivity index (χ1) is 10.1. The molecule has 1 aromatic rings. The maximum Gasteiger partial charge on any atom is 0.241 e. The molecule has 3 atom stereocenters. The summed E-state index contributed by atoms with van der Waals surface area (Å²) in [6.07, 6.45) is 4.07. The second-order valence-corrected chi connectivity index (χ2v) is 6.04. The van der Waals surface area contributed by atoms with Crippen molar-refractivity contribution in [2.45, 2.75) is 71.6 Å². The molecular weight excluding hydrogens is 260 g/mol. The Morgan fingerprint density at radius 1 is 1.19 bits per heavy atom. The van der Waals surface area contributed by atoms with Crippen LogP contribution in [0.15, 0.2) is 24.3 Å². The van der Waals surface area contributed by atoms with Crippen molar-refractivity contribution in [1.82, 2.24) is 10.2 Å². The molecule has 3 unspecified atom stereocenters. The largest absolute Gasteiger partial charge is 0.319 e. The summed E-state index contributed by atoms with van der Waals surface area (Å²) in [6.45, 7) is 8.54. The SMILES string of the molecule is CCCC(CC)N1C(=O)C(CC)NC1c1ccc(C)cc1. The number of benzene rings is 1. The summed E-state index contributed by atoms with van der Waals surface area (Å²) in [5.74, 6) is 0.267. The molecule has 1 saturated heterocycles. The third kappa shape index (κ3) is 3.29. The van der Waals surface area contributed by atoms with Crippen LogP contribution in [-0.4, -0.2) is 22.9 Å². The molecule has 0 bridgehead atoms. The lowest BCUT2D eigenvalue weighted by Crippen LogP contribution is -2.39. The third-order valence-electron chi connectivity index (χ3n) is 4.48. The number of nitrogens with zero attached hydrogens (tertiary/aromatic N) is 1. The molecule has 1 aliphatic rings. The van der Waals surface area contributed by atoms with Gasteiger partial charge in [-0.2, -0.15) is 0 Å². The van der Waals surface area contributed by atoms with Gasteiger partial charge in [-0.25, -0.2) is 0 Å². The number of carbonyl (C=O) groups excluding carboxylic acids is 1. The number of carbonyl (C=O) groups is 1. The monoisotopic (exact) mass is 288 g/mol. The van der Waals surface area contributed by atoms with Crippen molar-refractivity contribution in [3.63, 3.8) is 0 Å². The zero-order chi connectivity index (χ0) is 15.4. The molecule has 116 valence electrons. The maximum absolute atomic E-state index is 12.7. The first-order valence-electron chi connectivity index (χ1n) is 8.27. The minimum absolute atomic E-state index is 0.0274. The van der Waals surface area contributed by atoms with Crippen molar-refractivity contribution >= 4 is 5.91 Å². The van der Waals surface area contributed by atoms with E-state index in [1.165, 1.54) is 11.1 Å². The smallest absolute Gasteiger partial charge is 0.241 e. The van der Waals surface area contributed by atoms with Crippen molar-refractivity contribution in [3.05, 3.63) is 35.4 Å². The number of hydrogen-bond acceptors (Lipinski definition) is 2. The zero-order valence-corrected chi connectivity index (χ0v) is 13.7. The molecule has 0 saturated carbocycles. The minimum atomic E-state index is -0.0396. The Labute approximate surface area is 128 Å². The van der Waals surface area contributed by atoms with Crippen LogP contribution in [0.4, 0.5) is 0 Å². The lowest BCUT2D eigenvalue weighted by Gasteiger charge is -2.32. The van der Waals surface area contributed by atoms with E-state index in [4.69, 9.17) is 0 Å². The molecule has 1 amide bonds. The lowest BCUT2D eigenvalue weighted by molar-refractivity contribution is -0.132. The highest BCUT2D eigenvalue weighted by atomic mass is 16.2. The van der Waals surface area contributed by atoms with Crippen LogP contribution in [0.25, 0.3) is 0 Å². The summed E-state index contributed by atoms with van der Waals surface area (Å²) in [5.41, 5.74) is 2.45. The van der Waals surface area contributed by atoms with Crippen molar-refractivity contribution in [2.75, 3.05) is 0 Å². The fraction of sp³-hybridized carbons (Fsp3) is 0.611. The van der Waals surface area contributed by atoms with Crippen LogP contribution in [0.3, 0.4) is 0 Å². The van der Waals surface area contributed by atoms with Gasteiger partial charge in [0.05, 0.1) is 6.04 Å². The van der Waals surface area contributed by atoms with E-state index in [0.29, 0.717) is 6.04 Å². The first-order valence-corrected chi connectivity index (χ1v) is 8.27. The molecular formula is C18H28N2O. The molecule has 0 aromatic heterocycles. The average Bonchev–Trinajstić information content (AvgIpc) is 2.82. The summed E-state index contributed by atoms with van der Waals surface area (Å²) in [4.78, 5) is 14.8. The van der Waals surface area contributed by atoms with Crippen LogP contribution in [-0.2, 0) is 4.79 Å². The van der Waals surface area contributed by atoms with Gasteiger partial charge in [0.25, 0.3) is 0 Å². The molecule has 1 fully saturated rings. The second-order valence-electron chi connectivity index (χ2n) is 6.04. The summed E-state index contributed by atoms with van der Waals surface area (Å²) in [7, 11) is 0. The molecule has 1 N–H and O–H groups in total. The molecule has 2 rings (SSSR count). The molecule has 1 aromatic carbocycles. The van der Waals surface area contributed by atoms with Crippen molar-refractivity contribution in [2.24, 2.45) is 0 Å². The normalized spacial score (nSPS) is 23.6. The Hall–Kier alpha value is -1.35. The lowest BCUT2D eigenvalue weighted by atomic mass is 10.0. The van der Waals surface area contributed by atoms with Gasteiger partial charge in [0.1, 0.15) is 6.17 Å². The van der Waals surface area contributed by atoms with Gasteiger partial charge in [-0.1, -0.05) is 57.0 Å². The van der Waals surface area contributed by atoms with Gasteiger partial charge in [0.15, 0.2) is 0 Å². The molecule has 0 aliphatic carbocycles. The van der Waals surface area contributed by atoms with Crippen LogP contribution in [0.5, 0.6) is 0 Å². The predicted molar refractivity (Wildman–Crippen MR) is 87.0 cm³/mol. The number of amides is 1. The highest BCUT2D eigenvalue weighted by Gasteiger charge is 2.41. The highest BCUT2D eigenvalue weighted by Crippen LogP contribution is 2.31. The van der Waals surface area contributed by atoms with E-state index >= 15 is 0 Å². The Kier molecular flexibility index (Phi) is 5.40. The molecule has 21 heavy (non-hydrogen) atoms. The van der Waals surface area contributed by atoms with Gasteiger partial charge in [-0.3, -0.25) is 10.1 Å². The molecule has 1 heterocycles. The topological polar surface area (TPSA) is 32.3 Å². The zero-order valence-electron chi connectivity index (χ0n) is 13.7. The summed E-state index contributed by atoms with van der Waals surface area (Å²) < 4.78 is 0. The van der Waals surface area contributed by atoms with Crippen molar-refractivity contribution in [3.8, 4) is 0 Å². The van der Waals surface area contributed by atoms with Gasteiger partial charge >= 0.3 is 0 Å². The molecule has 0 radical (unpaired) electrons. The Bertz CT molecular complexity index is 469. The third-order valence-corrected chi connectivity index (χ3v) is 4.48. The van der Waals surface area contributed by atoms with Crippen LogP contribution in [0.2, 0.25) is 0 Å². The van der Waals surface area contributed by atoms with E-state index in [0.717, 1.165) is 25.7 Å². The quantitative estimate of drug-likeness (QED) is 0.864. The fourth-order valence-corrected chi connectivity index (χ4v) is 3.21. The van der Waals surface area contributed by atoms with Gasteiger partial charge in [0, 0.05) is 6.04 Å². The number of hydrogen-bond donors (Lipinski definition) is 1. The van der Waals surface area contributed by atoms with Gasteiger partial charge in [-0.05, 0) is 31.7 Å². The highest BCUT2D eigenvalue weighted by molar-refractivity contribution is 5.84. The fourth-order valence-electron chi connectivity index (χ4n) is 3.21. The van der Waals surface area contributed by atoms with E-state index < -0.39 is 0 Å². The number of rotatable bonds is 6. The first kappa shape index (κ1) is 16.0. The van der Waals surface area contributed by atoms with E-state index in [2.05, 4.69) is 62.2 Å². The molecule has 3 heteroatoms. The molecule has 3 nitrogen and oxygen atoms in total. The Morgan fingerprint density at radius 2 is 1.86 bits per heavy atom. The van der Waals surface area contributed by atoms with E-state index in [1.807, 2.05) is 0 Å². The number of aryl methyl sites for hydroxylation is 1. The van der Waals surface area contributed by atoms with Crippen LogP contribution >= 0.6 is 0 Å². The Morgan fingerprint density at radius 3 is 2.38 bits per heavy atom. The maximum atomic E-state index is 12.7. The standard InChI is InChI=1S/C18H28N2O/c1-5-8-15(6-2)20-17(19-16(7-3)18(20)21)14-11-9-13(4)10-12-14/h9-12,15-17,19H,5-8H2,1-4H3. The molecule has 1 aliphatic heterocycles. The summed E-state index contributed by atoms with van der Waals surface area (Å²) in [6, 6.07) is 8.83. The van der Waals surface area contributed by atoms with E-state index in [9.17, 15) is 4.79 Å². The van der Waals surface area contributed by atoms with E-state index in [-0.39, 0.29) is 18.1 Å². The van der Waals surface area contributed by atoms with Gasteiger partial charge in [0.2, 0.25) is 5.91 Å². The van der Waals surface area contributed by atoms with Crippen LogP contribution < -0.4 is 5.32 Å². The van der Waals surface area contributed by atoms with Gasteiger partial charge in [-0.15, -0.1) is 0 Å². The summed E-state index contributed by atoms with van der Waals surface area (Å²) in [5, 5.41) is 3.53. The average molecular weight is 288 g/mol.